The first-order valence-corrected chi connectivity index (χ1v) is 10.3. The molecule has 28 heavy (non-hydrogen) atoms. The van der Waals surface area contributed by atoms with E-state index in [0.29, 0.717) is 23.8 Å². The molecule has 0 unspecified atom stereocenters. The number of aryl methyl sites for hydroxylation is 1. The molecule has 2 aliphatic heterocycles. The molecule has 8 heteroatoms. The molecule has 1 amide bonds. The van der Waals surface area contributed by atoms with Crippen LogP contribution in [0.4, 0.5) is 4.39 Å². The fourth-order valence-corrected chi connectivity index (χ4v) is 5.15. The van der Waals surface area contributed by atoms with E-state index in [1.165, 1.54) is 12.1 Å². The van der Waals surface area contributed by atoms with Crippen molar-refractivity contribution in [3.63, 3.8) is 0 Å². The minimum Gasteiger partial charge on any atom is -0.357 e. The summed E-state index contributed by atoms with van der Waals surface area (Å²) in [5, 5.41) is 4.17. The Hall–Kier alpha value is -2.61. The molecule has 0 bridgehead atoms. The molecule has 0 aliphatic carbocycles. The fourth-order valence-electron chi connectivity index (χ4n) is 3.93. The summed E-state index contributed by atoms with van der Waals surface area (Å²) in [5.41, 5.74) is 2.46. The van der Waals surface area contributed by atoms with Crippen LogP contribution in [0.1, 0.15) is 40.5 Å². The molecule has 1 N–H and O–H groups in total. The van der Waals surface area contributed by atoms with Crippen LogP contribution in [0.3, 0.4) is 0 Å². The third-order valence-electron chi connectivity index (χ3n) is 5.44. The number of fused-ring (bicyclic) bond motifs is 2. The second-order valence-corrected chi connectivity index (χ2v) is 8.45. The maximum atomic E-state index is 13.6. The van der Waals surface area contributed by atoms with Crippen LogP contribution in [0, 0.1) is 12.7 Å². The average Bonchev–Trinajstić information content (AvgIpc) is 3.32. The molecule has 0 radical (unpaired) electrons. The zero-order chi connectivity index (χ0) is 19.3. The van der Waals surface area contributed by atoms with Crippen molar-refractivity contribution in [2.24, 2.45) is 0 Å². The lowest BCUT2D eigenvalue weighted by atomic mass is 9.92. The van der Waals surface area contributed by atoms with E-state index < -0.39 is 0 Å². The Kier molecular flexibility index (Phi) is 4.23. The Balaban J connectivity index is 1.40. The smallest absolute Gasteiger partial charge is 0.274 e. The molecule has 144 valence electrons. The lowest BCUT2D eigenvalue weighted by Crippen LogP contribution is -2.46. The van der Waals surface area contributed by atoms with Gasteiger partial charge in [0, 0.05) is 35.3 Å². The van der Waals surface area contributed by atoms with Gasteiger partial charge in [-0.2, -0.15) is 4.98 Å². The third-order valence-corrected chi connectivity index (χ3v) is 6.64. The molecule has 2 aliphatic rings. The minimum atomic E-state index is -0.310. The number of H-pyrrole nitrogens is 1. The van der Waals surface area contributed by atoms with Crippen molar-refractivity contribution in [1.29, 1.82) is 0 Å². The van der Waals surface area contributed by atoms with Crippen molar-refractivity contribution in [2.45, 2.75) is 36.6 Å². The number of nitrogens with zero attached hydrogens (tertiary/aromatic N) is 3. The lowest BCUT2D eigenvalue weighted by molar-refractivity contribution is 0.0611. The van der Waals surface area contributed by atoms with E-state index in [1.807, 2.05) is 24.1 Å². The SMILES string of the molecule is Cc1c[nH]c(-c2nc([C@H]3CC[C@H]4CSc5cc(F)ccc5C(=O)N4C3)no2)c1. The first kappa shape index (κ1) is 17.5. The van der Waals surface area contributed by atoms with Crippen LogP contribution in [-0.2, 0) is 0 Å². The van der Waals surface area contributed by atoms with E-state index in [2.05, 4.69) is 15.1 Å². The van der Waals surface area contributed by atoms with Crippen LogP contribution >= 0.6 is 11.8 Å². The molecule has 5 rings (SSSR count). The topological polar surface area (TPSA) is 75.0 Å². The Bertz CT molecular complexity index is 1050. The molecule has 0 spiro atoms. The Labute approximate surface area is 165 Å². The molecule has 2 aromatic heterocycles. The van der Waals surface area contributed by atoms with Crippen LogP contribution in [0.2, 0.25) is 0 Å². The average molecular weight is 398 g/mol. The second-order valence-electron chi connectivity index (χ2n) is 7.39. The number of hydrogen-bond acceptors (Lipinski definition) is 5. The number of carbonyl (C=O) groups is 1. The van der Waals surface area contributed by atoms with Crippen molar-refractivity contribution in [1.82, 2.24) is 20.0 Å². The summed E-state index contributed by atoms with van der Waals surface area (Å²) < 4.78 is 19.0. The molecule has 6 nitrogen and oxygen atoms in total. The Morgan fingerprint density at radius 3 is 3.04 bits per heavy atom. The van der Waals surface area contributed by atoms with Gasteiger partial charge >= 0.3 is 0 Å². The van der Waals surface area contributed by atoms with Gasteiger partial charge in [0.05, 0.1) is 5.56 Å². The number of nitrogens with one attached hydrogen (secondary N) is 1. The maximum absolute atomic E-state index is 13.6. The van der Waals surface area contributed by atoms with Crippen molar-refractivity contribution < 1.29 is 13.7 Å². The highest BCUT2D eigenvalue weighted by atomic mass is 32.2. The number of carbonyl (C=O) groups excluding carboxylic acids is 1. The first-order valence-electron chi connectivity index (χ1n) is 9.31. The van der Waals surface area contributed by atoms with E-state index in [9.17, 15) is 9.18 Å². The molecule has 0 saturated carbocycles. The summed E-state index contributed by atoms with van der Waals surface area (Å²) in [7, 11) is 0. The number of halogens is 1. The van der Waals surface area contributed by atoms with E-state index >= 15 is 0 Å². The molecular weight excluding hydrogens is 379 g/mol. The fraction of sp³-hybridized carbons (Fsp3) is 0.350. The zero-order valence-electron chi connectivity index (χ0n) is 15.3. The number of hydrogen-bond donors (Lipinski definition) is 1. The molecule has 1 fully saturated rings. The standard InChI is InChI=1S/C20H19FN4O2S/c1-11-6-16(22-8-11)19-23-18(24-27-19)12-2-4-14-10-28-17-7-13(21)3-5-15(17)20(26)25(14)9-12/h3,5-8,12,14,22H,2,4,9-10H2,1H3/t12-,14-/m0/s1. The van der Waals surface area contributed by atoms with Crippen molar-refractivity contribution in [3.05, 3.63) is 53.2 Å². The van der Waals surface area contributed by atoms with Gasteiger partial charge < -0.3 is 14.4 Å². The highest BCUT2D eigenvalue weighted by molar-refractivity contribution is 7.99. The van der Waals surface area contributed by atoms with E-state index in [-0.39, 0.29) is 23.7 Å². The van der Waals surface area contributed by atoms with Crippen molar-refractivity contribution in [2.75, 3.05) is 12.3 Å². The Morgan fingerprint density at radius 1 is 1.32 bits per heavy atom. The Morgan fingerprint density at radius 2 is 2.21 bits per heavy atom. The number of benzene rings is 1. The van der Waals surface area contributed by atoms with Crippen LogP contribution < -0.4 is 0 Å². The highest BCUT2D eigenvalue weighted by Gasteiger charge is 2.37. The van der Waals surface area contributed by atoms with E-state index in [0.717, 1.165) is 34.7 Å². The van der Waals surface area contributed by atoms with Gasteiger partial charge in [0.2, 0.25) is 0 Å². The van der Waals surface area contributed by atoms with Gasteiger partial charge in [0.15, 0.2) is 5.82 Å². The summed E-state index contributed by atoms with van der Waals surface area (Å²) in [4.78, 5) is 23.4. The van der Waals surface area contributed by atoms with Gasteiger partial charge in [-0.3, -0.25) is 4.79 Å². The van der Waals surface area contributed by atoms with Gasteiger partial charge in [-0.25, -0.2) is 4.39 Å². The summed E-state index contributed by atoms with van der Waals surface area (Å²) in [6.07, 6.45) is 3.64. The summed E-state index contributed by atoms with van der Waals surface area (Å²) in [6, 6.07) is 6.49. The number of aromatic nitrogens is 3. The summed E-state index contributed by atoms with van der Waals surface area (Å²) in [5.74, 6) is 1.54. The van der Waals surface area contributed by atoms with Crippen molar-refractivity contribution >= 4 is 17.7 Å². The van der Waals surface area contributed by atoms with Gasteiger partial charge in [0.25, 0.3) is 11.8 Å². The molecular formula is C20H19FN4O2S. The molecule has 2 atom stereocenters. The normalized spacial score (nSPS) is 21.9. The van der Waals surface area contributed by atoms with Crippen LogP contribution in [-0.4, -0.2) is 44.3 Å². The lowest BCUT2D eigenvalue weighted by Gasteiger charge is -2.37. The zero-order valence-corrected chi connectivity index (χ0v) is 16.1. The monoisotopic (exact) mass is 398 g/mol. The highest BCUT2D eigenvalue weighted by Crippen LogP contribution is 2.37. The number of piperidine rings is 1. The van der Waals surface area contributed by atoms with E-state index in [4.69, 9.17) is 4.52 Å². The number of aromatic amines is 1. The molecule has 1 aromatic carbocycles. The number of amides is 1. The quantitative estimate of drug-likeness (QED) is 0.706. The molecule has 3 aromatic rings. The first-order chi connectivity index (χ1) is 13.6. The summed E-state index contributed by atoms with van der Waals surface area (Å²) in [6.45, 7) is 2.54. The molecule has 4 heterocycles. The largest absolute Gasteiger partial charge is 0.357 e. The minimum absolute atomic E-state index is 0.0285. The number of rotatable bonds is 2. The van der Waals surface area contributed by atoms with Crippen molar-refractivity contribution in [3.8, 4) is 11.6 Å². The predicted octanol–water partition coefficient (Wildman–Crippen LogP) is 4.01. The third kappa shape index (κ3) is 3.01. The van der Waals surface area contributed by atoms with E-state index in [1.54, 1.807) is 17.8 Å². The van der Waals surface area contributed by atoms with Gasteiger partial charge in [-0.05, 0) is 49.6 Å². The van der Waals surface area contributed by atoms with Crippen LogP contribution in [0.25, 0.3) is 11.6 Å². The van der Waals surface area contributed by atoms with Crippen LogP contribution in [0.5, 0.6) is 0 Å². The second kappa shape index (κ2) is 6.77. The molecule has 1 saturated heterocycles. The van der Waals surface area contributed by atoms with Gasteiger partial charge in [0.1, 0.15) is 11.5 Å². The van der Waals surface area contributed by atoms with Crippen LogP contribution in [0.15, 0.2) is 39.9 Å². The van der Waals surface area contributed by atoms with Gasteiger partial charge in [-0.15, -0.1) is 11.8 Å². The summed E-state index contributed by atoms with van der Waals surface area (Å²) >= 11 is 1.56. The number of thioether (sulfide) groups is 1. The van der Waals surface area contributed by atoms with Gasteiger partial charge in [-0.1, -0.05) is 5.16 Å². The maximum Gasteiger partial charge on any atom is 0.274 e. The predicted molar refractivity (Wildman–Crippen MR) is 103 cm³/mol.